The second kappa shape index (κ2) is 7.11. The summed E-state index contributed by atoms with van der Waals surface area (Å²) in [7, 11) is 0. The Morgan fingerprint density at radius 3 is 2.81 bits per heavy atom. The molecule has 0 spiro atoms. The number of carbonyl (C=O) groups is 1. The van der Waals surface area contributed by atoms with Gasteiger partial charge in [0.15, 0.2) is 10.9 Å². The van der Waals surface area contributed by atoms with Crippen LogP contribution in [0.15, 0.2) is 36.0 Å². The Balaban J connectivity index is 2.07. The molecule has 0 N–H and O–H groups in total. The highest BCUT2D eigenvalue weighted by molar-refractivity contribution is 7.99. The first-order chi connectivity index (χ1) is 10.0. The summed E-state index contributed by atoms with van der Waals surface area (Å²) in [6.45, 7) is 6.17. The van der Waals surface area contributed by atoms with Gasteiger partial charge in [-0.15, -0.1) is 16.8 Å². The number of ketones is 1. The summed E-state index contributed by atoms with van der Waals surface area (Å²) in [5.74, 6) is 1.01. The number of thioether (sulfide) groups is 1. The van der Waals surface area contributed by atoms with E-state index >= 15 is 0 Å². The molecule has 110 valence electrons. The van der Waals surface area contributed by atoms with Gasteiger partial charge in [0, 0.05) is 12.1 Å². The van der Waals surface area contributed by atoms with Crippen LogP contribution in [-0.4, -0.2) is 26.3 Å². The summed E-state index contributed by atoms with van der Waals surface area (Å²) in [6, 6.07) is 4.86. The first kappa shape index (κ1) is 16.1. The van der Waals surface area contributed by atoms with Crippen LogP contribution in [0, 0.1) is 6.92 Å². The summed E-state index contributed by atoms with van der Waals surface area (Å²) >= 11 is 13.1. The molecule has 0 amide bonds. The summed E-state index contributed by atoms with van der Waals surface area (Å²) in [5.41, 5.74) is 0.531. The predicted molar refractivity (Wildman–Crippen MR) is 86.5 cm³/mol. The van der Waals surface area contributed by atoms with Gasteiger partial charge in [0.2, 0.25) is 0 Å². The van der Waals surface area contributed by atoms with Crippen LogP contribution in [0.1, 0.15) is 16.2 Å². The minimum atomic E-state index is -0.0376. The van der Waals surface area contributed by atoms with Crippen molar-refractivity contribution in [2.24, 2.45) is 0 Å². The number of aryl methyl sites for hydroxylation is 1. The fourth-order valence-corrected chi connectivity index (χ4v) is 2.88. The van der Waals surface area contributed by atoms with E-state index in [9.17, 15) is 4.79 Å². The molecule has 0 aliphatic rings. The van der Waals surface area contributed by atoms with E-state index in [4.69, 9.17) is 23.2 Å². The van der Waals surface area contributed by atoms with Crippen molar-refractivity contribution >= 4 is 40.7 Å². The van der Waals surface area contributed by atoms with Gasteiger partial charge in [-0.3, -0.25) is 4.79 Å². The maximum absolute atomic E-state index is 12.2. The Bertz CT molecular complexity index is 685. The molecule has 4 nitrogen and oxygen atoms in total. The highest BCUT2D eigenvalue weighted by Gasteiger charge is 2.13. The van der Waals surface area contributed by atoms with Gasteiger partial charge >= 0.3 is 0 Å². The molecule has 1 heterocycles. The first-order valence-corrected chi connectivity index (χ1v) is 7.89. The monoisotopic (exact) mass is 341 g/mol. The summed E-state index contributed by atoms with van der Waals surface area (Å²) in [5, 5.41) is 9.57. The molecule has 7 heteroatoms. The number of halogens is 2. The smallest absolute Gasteiger partial charge is 0.191 e. The number of hydrogen-bond donors (Lipinski definition) is 0. The quantitative estimate of drug-likeness (QED) is 0.451. The molecule has 1 aromatic heterocycles. The number of hydrogen-bond acceptors (Lipinski definition) is 4. The van der Waals surface area contributed by atoms with E-state index in [2.05, 4.69) is 16.8 Å². The molecule has 21 heavy (non-hydrogen) atoms. The third-order valence-electron chi connectivity index (χ3n) is 2.79. The fraction of sp³-hybridized carbons (Fsp3) is 0.214. The van der Waals surface area contributed by atoms with Crippen molar-refractivity contribution in [1.29, 1.82) is 0 Å². The van der Waals surface area contributed by atoms with Gasteiger partial charge in [-0.05, 0) is 25.1 Å². The van der Waals surface area contributed by atoms with Crippen LogP contribution >= 0.6 is 35.0 Å². The van der Waals surface area contributed by atoms with E-state index in [1.54, 1.807) is 24.3 Å². The molecule has 0 aliphatic heterocycles. The Labute approximate surface area is 137 Å². The molecule has 0 saturated heterocycles. The molecular weight excluding hydrogens is 329 g/mol. The second-order valence-corrected chi connectivity index (χ2v) is 6.03. The predicted octanol–water partition coefficient (Wildman–Crippen LogP) is 4.05. The highest BCUT2D eigenvalue weighted by Crippen LogP contribution is 2.24. The van der Waals surface area contributed by atoms with Gasteiger partial charge in [-0.1, -0.05) is 41.0 Å². The number of Topliss-reactive ketones (excluding diaryl/α,β-unsaturated/α-hetero) is 1. The number of rotatable bonds is 6. The lowest BCUT2D eigenvalue weighted by molar-refractivity contribution is 0.102. The van der Waals surface area contributed by atoms with E-state index in [-0.39, 0.29) is 11.5 Å². The minimum absolute atomic E-state index is 0.0376. The topological polar surface area (TPSA) is 47.8 Å². The summed E-state index contributed by atoms with van der Waals surface area (Å²) in [4.78, 5) is 12.2. The zero-order chi connectivity index (χ0) is 15.4. The molecular formula is C14H13Cl2N3OS. The number of nitrogens with zero attached hydrogens (tertiary/aromatic N) is 3. The number of carbonyl (C=O) groups excluding carboxylic acids is 1. The standard InChI is InChI=1S/C14H13Cl2N3OS/c1-3-6-19-9(2)17-18-14(19)21-8-13(20)10-4-5-11(15)12(16)7-10/h3-5,7H,1,6,8H2,2H3. The molecule has 0 atom stereocenters. The molecule has 2 rings (SSSR count). The van der Waals surface area contributed by atoms with Gasteiger partial charge in [-0.25, -0.2) is 0 Å². The van der Waals surface area contributed by atoms with Gasteiger partial charge in [0.25, 0.3) is 0 Å². The molecule has 0 aliphatic carbocycles. The van der Waals surface area contributed by atoms with Crippen molar-refractivity contribution in [3.05, 3.63) is 52.3 Å². The number of allylic oxidation sites excluding steroid dienone is 1. The third kappa shape index (κ3) is 3.87. The van der Waals surface area contributed by atoms with Gasteiger partial charge < -0.3 is 4.57 Å². The molecule has 0 fully saturated rings. The lowest BCUT2D eigenvalue weighted by Gasteiger charge is -2.05. The van der Waals surface area contributed by atoms with Crippen molar-refractivity contribution in [2.75, 3.05) is 5.75 Å². The average molecular weight is 342 g/mol. The Morgan fingerprint density at radius 2 is 2.14 bits per heavy atom. The molecule has 1 aromatic carbocycles. The molecule has 0 radical (unpaired) electrons. The molecule has 2 aromatic rings. The third-order valence-corrected chi connectivity index (χ3v) is 4.49. The van der Waals surface area contributed by atoms with E-state index < -0.39 is 0 Å². The zero-order valence-corrected chi connectivity index (χ0v) is 13.7. The van der Waals surface area contributed by atoms with E-state index in [1.807, 2.05) is 11.5 Å². The summed E-state index contributed by atoms with van der Waals surface area (Å²) in [6.07, 6.45) is 1.77. The second-order valence-electron chi connectivity index (χ2n) is 4.27. The lowest BCUT2D eigenvalue weighted by Crippen LogP contribution is -2.05. The van der Waals surface area contributed by atoms with Crippen molar-refractivity contribution in [1.82, 2.24) is 14.8 Å². The Hall–Kier alpha value is -1.30. The van der Waals surface area contributed by atoms with Crippen LogP contribution in [0.25, 0.3) is 0 Å². The van der Waals surface area contributed by atoms with Crippen LogP contribution < -0.4 is 0 Å². The number of benzene rings is 1. The molecule has 0 unspecified atom stereocenters. The largest absolute Gasteiger partial charge is 0.302 e. The van der Waals surface area contributed by atoms with Crippen LogP contribution in [0.5, 0.6) is 0 Å². The van der Waals surface area contributed by atoms with Gasteiger partial charge in [0.1, 0.15) is 5.82 Å². The van der Waals surface area contributed by atoms with Crippen molar-refractivity contribution < 1.29 is 4.79 Å². The first-order valence-electron chi connectivity index (χ1n) is 6.14. The average Bonchev–Trinajstić information content (AvgIpc) is 2.81. The zero-order valence-electron chi connectivity index (χ0n) is 11.3. The molecule has 0 saturated carbocycles. The minimum Gasteiger partial charge on any atom is -0.302 e. The lowest BCUT2D eigenvalue weighted by atomic mass is 10.1. The van der Waals surface area contributed by atoms with E-state index in [0.717, 1.165) is 5.82 Å². The van der Waals surface area contributed by atoms with E-state index in [0.29, 0.717) is 27.3 Å². The Kier molecular flexibility index (Phi) is 5.45. The van der Waals surface area contributed by atoms with Gasteiger partial charge in [-0.2, -0.15) is 0 Å². The van der Waals surface area contributed by atoms with Gasteiger partial charge in [0.05, 0.1) is 15.8 Å². The van der Waals surface area contributed by atoms with Crippen LogP contribution in [0.2, 0.25) is 10.0 Å². The van der Waals surface area contributed by atoms with Crippen LogP contribution in [-0.2, 0) is 6.54 Å². The van der Waals surface area contributed by atoms with E-state index in [1.165, 1.54) is 11.8 Å². The Morgan fingerprint density at radius 1 is 1.38 bits per heavy atom. The maximum atomic E-state index is 12.2. The SMILES string of the molecule is C=CCn1c(C)nnc1SCC(=O)c1ccc(Cl)c(Cl)c1. The van der Waals surface area contributed by atoms with Crippen LogP contribution in [0.3, 0.4) is 0 Å². The maximum Gasteiger partial charge on any atom is 0.191 e. The van der Waals surface area contributed by atoms with Crippen molar-refractivity contribution in [3.8, 4) is 0 Å². The number of aromatic nitrogens is 3. The van der Waals surface area contributed by atoms with Crippen molar-refractivity contribution in [2.45, 2.75) is 18.6 Å². The summed E-state index contributed by atoms with van der Waals surface area (Å²) < 4.78 is 1.90. The van der Waals surface area contributed by atoms with Crippen molar-refractivity contribution in [3.63, 3.8) is 0 Å². The highest BCUT2D eigenvalue weighted by atomic mass is 35.5. The van der Waals surface area contributed by atoms with Crippen LogP contribution in [0.4, 0.5) is 0 Å². The molecule has 0 bridgehead atoms. The fourth-order valence-electron chi connectivity index (χ4n) is 1.69. The normalized spacial score (nSPS) is 10.6.